The van der Waals surface area contributed by atoms with E-state index in [0.717, 1.165) is 19.4 Å². The van der Waals surface area contributed by atoms with Crippen LogP contribution in [0.15, 0.2) is 0 Å². The molecular formula is C10H16F3NO2. The summed E-state index contributed by atoms with van der Waals surface area (Å²) in [7, 11) is 0. The maximum absolute atomic E-state index is 11.7. The molecule has 0 bridgehead atoms. The second-order valence-electron chi connectivity index (χ2n) is 3.93. The fraction of sp³-hybridized carbons (Fsp3) is 0.900. The van der Waals surface area contributed by atoms with Gasteiger partial charge in [-0.3, -0.25) is 4.79 Å². The minimum atomic E-state index is -4.26. The Morgan fingerprint density at radius 3 is 2.75 bits per heavy atom. The molecule has 1 aliphatic rings. The quantitative estimate of drug-likeness (QED) is 0.766. The maximum atomic E-state index is 11.7. The fourth-order valence-electron chi connectivity index (χ4n) is 1.63. The number of ketones is 1. The molecule has 3 nitrogen and oxygen atoms in total. The van der Waals surface area contributed by atoms with Gasteiger partial charge in [0.05, 0.1) is 19.2 Å². The van der Waals surface area contributed by atoms with Gasteiger partial charge in [-0.25, -0.2) is 0 Å². The van der Waals surface area contributed by atoms with Crippen LogP contribution in [-0.2, 0) is 9.53 Å². The van der Waals surface area contributed by atoms with Gasteiger partial charge in [0.2, 0.25) is 0 Å². The van der Waals surface area contributed by atoms with E-state index in [1.54, 1.807) is 0 Å². The summed E-state index contributed by atoms with van der Waals surface area (Å²) in [5.74, 6) is -0.195. The van der Waals surface area contributed by atoms with Gasteiger partial charge < -0.3 is 10.1 Å². The molecule has 6 heteroatoms. The smallest absolute Gasteiger partial charge is 0.378 e. The summed E-state index contributed by atoms with van der Waals surface area (Å²) < 4.78 is 40.5. The Morgan fingerprint density at radius 2 is 2.19 bits per heavy atom. The van der Waals surface area contributed by atoms with Crippen molar-refractivity contribution in [2.45, 2.75) is 38.0 Å². The van der Waals surface area contributed by atoms with Crippen molar-refractivity contribution < 1.29 is 22.7 Å². The molecule has 1 unspecified atom stereocenters. The molecule has 1 fully saturated rings. The van der Waals surface area contributed by atoms with E-state index in [9.17, 15) is 18.0 Å². The first kappa shape index (κ1) is 13.4. The topological polar surface area (TPSA) is 38.3 Å². The lowest BCUT2D eigenvalue weighted by molar-refractivity contribution is -0.127. The second-order valence-corrected chi connectivity index (χ2v) is 3.93. The number of Topliss-reactive ketones (excluding diaryl/α,β-unsaturated/α-hetero) is 1. The number of hydrogen-bond donors (Lipinski definition) is 1. The fourth-order valence-corrected chi connectivity index (χ4v) is 1.63. The van der Waals surface area contributed by atoms with E-state index in [4.69, 9.17) is 4.74 Å². The lowest BCUT2D eigenvalue weighted by Gasteiger charge is -2.09. The van der Waals surface area contributed by atoms with Crippen molar-refractivity contribution in [1.82, 2.24) is 5.32 Å². The summed E-state index contributed by atoms with van der Waals surface area (Å²) in [6.07, 6.45) is -1.28. The van der Waals surface area contributed by atoms with Crippen LogP contribution in [0.5, 0.6) is 0 Å². The van der Waals surface area contributed by atoms with Crippen LogP contribution in [0.3, 0.4) is 0 Å². The van der Waals surface area contributed by atoms with E-state index < -0.39 is 12.7 Å². The Labute approximate surface area is 92.3 Å². The molecule has 0 amide bonds. The highest BCUT2D eigenvalue weighted by atomic mass is 19.4. The standard InChI is InChI=1S/C10H16F3NO2/c11-10(12,13)7-14-6-8(15)3-4-9-2-1-5-16-9/h9,14H,1-7H2. The third-order valence-corrected chi connectivity index (χ3v) is 2.42. The first-order valence-corrected chi connectivity index (χ1v) is 5.38. The average Bonchev–Trinajstić information content (AvgIpc) is 2.65. The normalized spacial score (nSPS) is 21.3. The Kier molecular flexibility index (Phi) is 5.21. The molecule has 0 aromatic heterocycles. The van der Waals surface area contributed by atoms with E-state index in [1.807, 2.05) is 0 Å². The van der Waals surface area contributed by atoms with Gasteiger partial charge in [-0.2, -0.15) is 13.2 Å². The van der Waals surface area contributed by atoms with Crippen LogP contribution in [0.1, 0.15) is 25.7 Å². The highest BCUT2D eigenvalue weighted by molar-refractivity contribution is 5.80. The second kappa shape index (κ2) is 6.20. The first-order valence-electron chi connectivity index (χ1n) is 5.38. The number of halogens is 3. The minimum Gasteiger partial charge on any atom is -0.378 e. The average molecular weight is 239 g/mol. The van der Waals surface area contributed by atoms with Crippen molar-refractivity contribution in [3.05, 3.63) is 0 Å². The van der Waals surface area contributed by atoms with Crippen LogP contribution in [-0.4, -0.2) is 37.8 Å². The molecule has 1 saturated heterocycles. The van der Waals surface area contributed by atoms with Gasteiger partial charge in [-0.1, -0.05) is 0 Å². The van der Waals surface area contributed by atoms with E-state index in [2.05, 4.69) is 5.32 Å². The van der Waals surface area contributed by atoms with Crippen LogP contribution in [0.2, 0.25) is 0 Å². The molecule has 16 heavy (non-hydrogen) atoms. The van der Waals surface area contributed by atoms with Gasteiger partial charge in [0.15, 0.2) is 0 Å². The number of carbonyl (C=O) groups excluding carboxylic acids is 1. The summed E-state index contributed by atoms with van der Waals surface area (Å²) in [6.45, 7) is -0.601. The van der Waals surface area contributed by atoms with E-state index >= 15 is 0 Å². The Bertz CT molecular complexity index is 225. The Morgan fingerprint density at radius 1 is 1.44 bits per heavy atom. The zero-order valence-corrected chi connectivity index (χ0v) is 8.98. The predicted octanol–water partition coefficient (Wildman–Crippen LogP) is 1.67. The molecular weight excluding hydrogens is 223 g/mol. The van der Waals surface area contributed by atoms with Crippen LogP contribution in [0, 0.1) is 0 Å². The maximum Gasteiger partial charge on any atom is 0.401 e. The van der Waals surface area contributed by atoms with Crippen LogP contribution < -0.4 is 5.32 Å². The van der Waals surface area contributed by atoms with Crippen molar-refractivity contribution in [3.63, 3.8) is 0 Å². The number of nitrogens with one attached hydrogen (secondary N) is 1. The van der Waals surface area contributed by atoms with Crippen LogP contribution >= 0.6 is 0 Å². The van der Waals surface area contributed by atoms with Crippen molar-refractivity contribution in [2.24, 2.45) is 0 Å². The number of hydrogen-bond acceptors (Lipinski definition) is 3. The SMILES string of the molecule is O=C(CCC1CCCO1)CNCC(F)(F)F. The summed E-state index contributed by atoms with van der Waals surface area (Å²) in [5.41, 5.74) is 0. The van der Waals surface area contributed by atoms with Crippen molar-refractivity contribution in [3.8, 4) is 0 Å². The van der Waals surface area contributed by atoms with Crippen LogP contribution in [0.25, 0.3) is 0 Å². The largest absolute Gasteiger partial charge is 0.401 e. The van der Waals surface area contributed by atoms with Gasteiger partial charge in [-0.05, 0) is 19.3 Å². The lowest BCUT2D eigenvalue weighted by Crippen LogP contribution is -2.32. The number of ether oxygens (including phenoxy) is 1. The molecule has 0 aromatic rings. The molecule has 1 atom stereocenters. The van der Waals surface area contributed by atoms with Gasteiger partial charge >= 0.3 is 6.18 Å². The molecule has 1 N–H and O–H groups in total. The van der Waals surface area contributed by atoms with Gasteiger partial charge in [0.1, 0.15) is 5.78 Å². The van der Waals surface area contributed by atoms with E-state index in [-0.39, 0.29) is 24.9 Å². The number of rotatable bonds is 6. The zero-order chi connectivity index (χ0) is 12.0. The van der Waals surface area contributed by atoms with E-state index in [0.29, 0.717) is 6.42 Å². The lowest BCUT2D eigenvalue weighted by atomic mass is 10.1. The monoisotopic (exact) mass is 239 g/mol. The summed E-state index contributed by atoms with van der Waals surface area (Å²) in [4.78, 5) is 11.2. The molecule has 1 aliphatic heterocycles. The predicted molar refractivity (Wildman–Crippen MR) is 52.1 cm³/mol. The van der Waals surface area contributed by atoms with Crippen LogP contribution in [0.4, 0.5) is 13.2 Å². The summed E-state index contributed by atoms with van der Waals surface area (Å²) in [6, 6.07) is 0. The highest BCUT2D eigenvalue weighted by Gasteiger charge is 2.26. The van der Waals surface area contributed by atoms with Crippen molar-refractivity contribution >= 4 is 5.78 Å². The summed E-state index contributed by atoms with van der Waals surface area (Å²) >= 11 is 0. The molecule has 0 radical (unpaired) electrons. The van der Waals surface area contributed by atoms with Crippen molar-refractivity contribution in [2.75, 3.05) is 19.7 Å². The minimum absolute atomic E-state index is 0.117. The zero-order valence-electron chi connectivity index (χ0n) is 8.98. The third kappa shape index (κ3) is 6.07. The molecule has 1 rings (SSSR count). The molecule has 1 heterocycles. The number of alkyl halides is 3. The highest BCUT2D eigenvalue weighted by Crippen LogP contribution is 2.16. The van der Waals surface area contributed by atoms with Gasteiger partial charge in [0, 0.05) is 13.0 Å². The molecule has 0 spiro atoms. The Balaban J connectivity index is 2.02. The number of carbonyl (C=O) groups is 1. The summed E-state index contributed by atoms with van der Waals surface area (Å²) in [5, 5.41) is 2.09. The Hall–Kier alpha value is -0.620. The van der Waals surface area contributed by atoms with Gasteiger partial charge in [0.25, 0.3) is 0 Å². The third-order valence-electron chi connectivity index (χ3n) is 2.42. The molecule has 0 aromatic carbocycles. The van der Waals surface area contributed by atoms with Crippen molar-refractivity contribution in [1.29, 1.82) is 0 Å². The molecule has 94 valence electrons. The first-order chi connectivity index (χ1) is 7.47. The molecule has 0 saturated carbocycles. The van der Waals surface area contributed by atoms with E-state index in [1.165, 1.54) is 0 Å². The molecule has 0 aliphatic carbocycles. The van der Waals surface area contributed by atoms with Gasteiger partial charge in [-0.15, -0.1) is 0 Å².